The van der Waals surface area contributed by atoms with Gasteiger partial charge in [-0.3, -0.25) is 24.0 Å². The molecule has 9 heteroatoms. The summed E-state index contributed by atoms with van der Waals surface area (Å²) in [7, 11) is -2.70. The van der Waals surface area contributed by atoms with Crippen LogP contribution in [-0.2, 0) is 9.32 Å². The molecule has 0 unspecified atom stereocenters. The molecule has 0 saturated heterocycles. The molecule has 2 aliphatic heterocycles. The quantitative estimate of drug-likeness (QED) is 0.520. The zero-order chi connectivity index (χ0) is 22.5. The van der Waals surface area contributed by atoms with Gasteiger partial charge in [-0.25, -0.2) is 0 Å². The van der Waals surface area contributed by atoms with Crippen molar-refractivity contribution in [1.82, 2.24) is 9.34 Å². The molecule has 8 nitrogen and oxygen atoms in total. The fourth-order valence-electron chi connectivity index (χ4n) is 3.18. The van der Waals surface area contributed by atoms with Gasteiger partial charge < -0.3 is 4.52 Å². The van der Waals surface area contributed by atoms with Crippen LogP contribution >= 0.6 is 8.45 Å². The Hall–Kier alpha value is -3.38. The van der Waals surface area contributed by atoms with E-state index in [0.717, 1.165) is 9.34 Å². The van der Waals surface area contributed by atoms with E-state index in [0.29, 0.717) is 6.42 Å². The Balaban J connectivity index is 1.80. The van der Waals surface area contributed by atoms with E-state index in [2.05, 4.69) is 0 Å². The molecule has 0 spiro atoms. The van der Waals surface area contributed by atoms with Gasteiger partial charge in [0.25, 0.3) is 23.6 Å². The van der Waals surface area contributed by atoms with Gasteiger partial charge in [0.2, 0.25) is 0 Å². The molecule has 2 heterocycles. The van der Waals surface area contributed by atoms with Crippen LogP contribution in [0.25, 0.3) is 0 Å². The van der Waals surface area contributed by atoms with Crippen LogP contribution in [0.1, 0.15) is 68.6 Å². The molecule has 31 heavy (non-hydrogen) atoms. The van der Waals surface area contributed by atoms with E-state index in [1.165, 1.54) is 24.3 Å². The lowest BCUT2D eigenvalue weighted by molar-refractivity contribution is -0.143. The molecule has 2 aromatic carbocycles. The summed E-state index contributed by atoms with van der Waals surface area (Å²) in [4.78, 5) is 65.2. The van der Waals surface area contributed by atoms with Crippen molar-refractivity contribution in [3.8, 4) is 0 Å². The average molecular weight is 438 g/mol. The first-order valence-electron chi connectivity index (χ1n) is 9.67. The van der Waals surface area contributed by atoms with Crippen molar-refractivity contribution in [2.24, 2.45) is 5.41 Å². The summed E-state index contributed by atoms with van der Waals surface area (Å²) < 4.78 is 7.07. The van der Waals surface area contributed by atoms with E-state index in [-0.39, 0.29) is 22.3 Å². The van der Waals surface area contributed by atoms with Gasteiger partial charge in [0.1, 0.15) is 0 Å². The van der Waals surface area contributed by atoms with Gasteiger partial charge in [0, 0.05) is 0 Å². The van der Waals surface area contributed by atoms with E-state index in [1.807, 2.05) is 0 Å². The van der Waals surface area contributed by atoms with E-state index in [9.17, 15) is 24.0 Å². The highest BCUT2D eigenvalue weighted by Crippen LogP contribution is 2.54. The van der Waals surface area contributed by atoms with E-state index in [1.54, 1.807) is 45.0 Å². The van der Waals surface area contributed by atoms with Crippen molar-refractivity contribution < 1.29 is 28.5 Å². The summed E-state index contributed by atoms with van der Waals surface area (Å²) in [6.45, 7) is 5.08. The van der Waals surface area contributed by atoms with Crippen LogP contribution < -0.4 is 0 Å². The smallest absolute Gasteiger partial charge is 0.332 e. The van der Waals surface area contributed by atoms with Crippen LogP contribution in [0.3, 0.4) is 0 Å². The minimum atomic E-state index is -2.70. The Morgan fingerprint density at radius 1 is 0.774 bits per heavy atom. The van der Waals surface area contributed by atoms with Crippen molar-refractivity contribution in [2.45, 2.75) is 27.2 Å². The number of rotatable bonds is 5. The van der Waals surface area contributed by atoms with E-state index < -0.39 is 43.5 Å². The van der Waals surface area contributed by atoms with Gasteiger partial charge in [-0.1, -0.05) is 31.2 Å². The molecule has 0 aliphatic carbocycles. The number of hydrogen-bond acceptors (Lipinski definition) is 6. The van der Waals surface area contributed by atoms with Gasteiger partial charge in [-0.05, 0) is 44.5 Å². The first kappa shape index (κ1) is 20.9. The van der Waals surface area contributed by atoms with E-state index in [4.69, 9.17) is 4.52 Å². The number of imide groups is 2. The normalized spacial score (nSPS) is 15.6. The largest absolute Gasteiger partial charge is 0.403 e. The lowest BCUT2D eigenvalue weighted by Crippen LogP contribution is -2.39. The average Bonchev–Trinajstić information content (AvgIpc) is 3.17. The van der Waals surface area contributed by atoms with Gasteiger partial charge in [0.15, 0.2) is 0 Å². The Morgan fingerprint density at radius 2 is 1.10 bits per heavy atom. The van der Waals surface area contributed by atoms with Crippen molar-refractivity contribution >= 4 is 38.0 Å². The van der Waals surface area contributed by atoms with Crippen LogP contribution in [0.5, 0.6) is 0 Å². The Bertz CT molecular complexity index is 1010. The maximum Gasteiger partial charge on any atom is 0.332 e. The van der Waals surface area contributed by atoms with Crippen LogP contribution in [0, 0.1) is 5.41 Å². The fraction of sp³-hybridized carbons (Fsp3) is 0.227. The second kappa shape index (κ2) is 7.39. The molecule has 0 radical (unpaired) electrons. The number of carbonyl (C=O) groups excluding carboxylic acids is 5. The molecule has 0 atom stereocenters. The molecular weight excluding hydrogens is 419 g/mol. The predicted octanol–water partition coefficient (Wildman–Crippen LogP) is 3.79. The van der Waals surface area contributed by atoms with Gasteiger partial charge in [0.05, 0.1) is 27.7 Å². The highest BCUT2D eigenvalue weighted by molar-refractivity contribution is 7.51. The van der Waals surface area contributed by atoms with Crippen LogP contribution in [-0.4, -0.2) is 38.9 Å². The van der Waals surface area contributed by atoms with Crippen molar-refractivity contribution in [2.75, 3.05) is 0 Å². The molecule has 0 aromatic heterocycles. The lowest BCUT2D eigenvalue weighted by Gasteiger charge is -2.32. The number of carbonyl (C=O) groups is 5. The van der Waals surface area contributed by atoms with Crippen LogP contribution in [0.4, 0.5) is 0 Å². The maximum absolute atomic E-state index is 13.1. The van der Waals surface area contributed by atoms with Crippen molar-refractivity contribution in [3.63, 3.8) is 0 Å². The third-order valence-corrected chi connectivity index (χ3v) is 7.23. The first-order chi connectivity index (χ1) is 14.7. The summed E-state index contributed by atoms with van der Waals surface area (Å²) in [5.74, 6) is -3.58. The number of amides is 4. The van der Waals surface area contributed by atoms with Crippen molar-refractivity contribution in [1.29, 1.82) is 0 Å². The zero-order valence-corrected chi connectivity index (χ0v) is 18.0. The molecule has 158 valence electrons. The molecule has 4 rings (SSSR count). The SMILES string of the molecule is CCC(C)(C)C(=O)OP(N1C(=O)c2ccccc2C1=O)N1C(=O)c2ccccc2C1=O. The zero-order valence-electron chi connectivity index (χ0n) is 17.1. The van der Waals surface area contributed by atoms with E-state index >= 15 is 0 Å². The Morgan fingerprint density at radius 3 is 1.39 bits per heavy atom. The van der Waals surface area contributed by atoms with Crippen LogP contribution in [0.15, 0.2) is 48.5 Å². The standard InChI is InChI=1S/C22H19N2O6P/c1-4-22(2,3)21(29)30-31(23-17(25)13-9-5-6-10-14(13)18(23)26)24-19(27)15-11-7-8-12-16(15)20(24)28/h5-12H,4H2,1-3H3. The molecule has 0 N–H and O–H groups in total. The minimum absolute atomic E-state index is 0.127. The highest BCUT2D eigenvalue weighted by atomic mass is 31.2. The van der Waals surface area contributed by atoms with Gasteiger partial charge >= 0.3 is 14.4 Å². The van der Waals surface area contributed by atoms with Crippen LogP contribution in [0.2, 0.25) is 0 Å². The molecule has 0 bridgehead atoms. The highest BCUT2D eigenvalue weighted by Gasteiger charge is 2.53. The first-order valence-corrected chi connectivity index (χ1v) is 10.8. The summed E-state index contributed by atoms with van der Waals surface area (Å²) in [5, 5.41) is 0. The number of fused-ring (bicyclic) bond motifs is 2. The summed E-state index contributed by atoms with van der Waals surface area (Å²) >= 11 is 0. The molecule has 2 aliphatic rings. The topological polar surface area (TPSA) is 101 Å². The second-order valence-electron chi connectivity index (χ2n) is 7.80. The minimum Gasteiger partial charge on any atom is -0.403 e. The predicted molar refractivity (Wildman–Crippen MR) is 111 cm³/mol. The third-order valence-electron chi connectivity index (χ3n) is 5.49. The Kier molecular flexibility index (Phi) is 4.98. The van der Waals surface area contributed by atoms with Crippen molar-refractivity contribution in [3.05, 3.63) is 70.8 Å². The molecule has 0 fully saturated rings. The maximum atomic E-state index is 13.1. The molecule has 4 amide bonds. The monoisotopic (exact) mass is 438 g/mol. The second-order valence-corrected chi connectivity index (χ2v) is 9.29. The molecule has 2 aromatic rings. The Labute approximate surface area is 179 Å². The number of hydrogen-bond donors (Lipinski definition) is 0. The van der Waals surface area contributed by atoms with Gasteiger partial charge in [-0.15, -0.1) is 0 Å². The third kappa shape index (κ3) is 3.15. The molecule has 0 saturated carbocycles. The molecular formula is C22H19N2O6P. The summed E-state index contributed by atoms with van der Waals surface area (Å²) in [6.07, 6.45) is 0.416. The fourth-order valence-corrected chi connectivity index (χ4v) is 4.97. The summed E-state index contributed by atoms with van der Waals surface area (Å²) in [6, 6.07) is 12.3. The lowest BCUT2D eigenvalue weighted by atomic mass is 9.91. The van der Waals surface area contributed by atoms with Gasteiger partial charge in [-0.2, -0.15) is 9.34 Å². The number of nitrogens with zero attached hydrogens (tertiary/aromatic N) is 2. The summed E-state index contributed by atoms with van der Waals surface area (Å²) in [5.41, 5.74) is -0.438. The number of benzene rings is 2.